The first-order chi connectivity index (χ1) is 13.2. The van der Waals surface area contributed by atoms with Crippen molar-refractivity contribution in [2.45, 2.75) is 31.5 Å². The number of aliphatic imine (C=N–C) groups is 1. The molecule has 2 unspecified atom stereocenters. The summed E-state index contributed by atoms with van der Waals surface area (Å²) in [5.74, 6) is 0.740. The van der Waals surface area contributed by atoms with Crippen molar-refractivity contribution in [3.8, 4) is 0 Å². The van der Waals surface area contributed by atoms with Crippen molar-refractivity contribution in [3.05, 3.63) is 35.4 Å². The minimum Gasteiger partial charge on any atom is -0.356 e. The summed E-state index contributed by atoms with van der Waals surface area (Å²) in [6.07, 6.45) is -3.59. The van der Waals surface area contributed by atoms with Crippen LogP contribution < -0.4 is 10.6 Å². The average Bonchev–Trinajstić information content (AvgIpc) is 2.66. The van der Waals surface area contributed by atoms with Crippen molar-refractivity contribution < 1.29 is 13.2 Å². The molecule has 2 atom stereocenters. The van der Waals surface area contributed by atoms with Crippen molar-refractivity contribution in [3.63, 3.8) is 0 Å². The molecule has 8 heteroatoms. The molecule has 1 aliphatic rings. The zero-order valence-corrected chi connectivity index (χ0v) is 17.2. The van der Waals surface area contributed by atoms with E-state index < -0.39 is 11.7 Å². The predicted molar refractivity (Wildman–Crippen MR) is 108 cm³/mol. The first-order valence-corrected chi connectivity index (χ1v) is 9.71. The van der Waals surface area contributed by atoms with Crippen LogP contribution in [0.3, 0.4) is 0 Å². The van der Waals surface area contributed by atoms with Gasteiger partial charge in [0.2, 0.25) is 0 Å². The van der Waals surface area contributed by atoms with E-state index in [1.54, 1.807) is 13.1 Å². The van der Waals surface area contributed by atoms with Crippen molar-refractivity contribution >= 4 is 5.96 Å². The molecule has 0 radical (unpaired) electrons. The van der Waals surface area contributed by atoms with Gasteiger partial charge in [0.25, 0.3) is 0 Å². The molecule has 0 aromatic heterocycles. The van der Waals surface area contributed by atoms with Gasteiger partial charge in [0.1, 0.15) is 0 Å². The number of likely N-dealkylation sites (N-methyl/N-ethyl adjacent to an activating group) is 2. The lowest BCUT2D eigenvalue weighted by atomic mass is 9.96. The average molecular weight is 400 g/mol. The third-order valence-electron chi connectivity index (χ3n) is 5.36. The molecule has 1 aromatic carbocycles. The van der Waals surface area contributed by atoms with Crippen molar-refractivity contribution in [2.24, 2.45) is 4.99 Å². The van der Waals surface area contributed by atoms with Gasteiger partial charge in [0.15, 0.2) is 5.96 Å². The molecule has 0 aliphatic carbocycles. The second kappa shape index (κ2) is 10.1. The SMILES string of the molecule is CN=C(NCCC(C)c1cccc(C(F)(F)F)c1)NCC1CN(C)CCN1C. The summed E-state index contributed by atoms with van der Waals surface area (Å²) in [6, 6.07) is 6.00. The maximum Gasteiger partial charge on any atom is 0.416 e. The van der Waals surface area contributed by atoms with E-state index in [2.05, 4.69) is 39.5 Å². The highest BCUT2D eigenvalue weighted by molar-refractivity contribution is 5.79. The van der Waals surface area contributed by atoms with Crippen LogP contribution in [0.5, 0.6) is 0 Å². The molecular formula is C20H32F3N5. The number of hydrogen-bond donors (Lipinski definition) is 2. The van der Waals surface area contributed by atoms with E-state index in [1.165, 1.54) is 12.1 Å². The van der Waals surface area contributed by atoms with E-state index in [0.29, 0.717) is 24.6 Å². The zero-order valence-electron chi connectivity index (χ0n) is 17.2. The standard InChI is InChI=1S/C20H32F3N5/c1-15(16-6-5-7-17(12-16)20(21,22)23)8-9-25-19(24-2)26-13-18-14-27(3)10-11-28(18)4/h5-7,12,15,18H,8-11,13-14H2,1-4H3,(H2,24,25,26). The van der Waals surface area contributed by atoms with Gasteiger partial charge in [0.05, 0.1) is 5.56 Å². The Labute approximate surface area is 166 Å². The number of nitrogens with zero attached hydrogens (tertiary/aromatic N) is 3. The molecule has 1 saturated heterocycles. The van der Waals surface area contributed by atoms with Crippen molar-refractivity contribution in [1.82, 2.24) is 20.4 Å². The third-order valence-corrected chi connectivity index (χ3v) is 5.36. The minimum absolute atomic E-state index is 0.0195. The molecule has 2 rings (SSSR count). The molecule has 0 amide bonds. The predicted octanol–water partition coefficient (Wildman–Crippen LogP) is 2.61. The maximum atomic E-state index is 12.9. The Bertz CT molecular complexity index is 647. The third kappa shape index (κ3) is 6.67. The summed E-state index contributed by atoms with van der Waals surface area (Å²) in [5.41, 5.74) is 0.107. The Morgan fingerprint density at radius 1 is 1.25 bits per heavy atom. The summed E-state index contributed by atoms with van der Waals surface area (Å²) < 4.78 is 38.6. The van der Waals surface area contributed by atoms with Gasteiger partial charge >= 0.3 is 6.18 Å². The first-order valence-electron chi connectivity index (χ1n) is 9.71. The van der Waals surface area contributed by atoms with E-state index in [1.807, 2.05) is 6.92 Å². The van der Waals surface area contributed by atoms with Crippen LogP contribution in [0.2, 0.25) is 0 Å². The summed E-state index contributed by atoms with van der Waals surface area (Å²) >= 11 is 0. The summed E-state index contributed by atoms with van der Waals surface area (Å²) in [5, 5.41) is 6.62. The Morgan fingerprint density at radius 2 is 2.00 bits per heavy atom. The topological polar surface area (TPSA) is 42.9 Å². The Kier molecular flexibility index (Phi) is 8.12. The number of benzene rings is 1. The van der Waals surface area contributed by atoms with E-state index in [9.17, 15) is 13.2 Å². The number of guanidine groups is 1. The van der Waals surface area contributed by atoms with Gasteiger partial charge in [-0.1, -0.05) is 25.1 Å². The summed E-state index contributed by atoms with van der Waals surface area (Å²) in [4.78, 5) is 8.91. The second-order valence-corrected chi connectivity index (χ2v) is 7.59. The molecule has 0 bridgehead atoms. The van der Waals surface area contributed by atoms with Gasteiger partial charge in [-0.15, -0.1) is 0 Å². The van der Waals surface area contributed by atoms with E-state index in [-0.39, 0.29) is 5.92 Å². The van der Waals surface area contributed by atoms with Crippen LogP contribution in [0, 0.1) is 0 Å². The summed E-state index contributed by atoms with van der Waals surface area (Å²) in [6.45, 7) is 6.51. The normalized spacial score (nSPS) is 20.8. The molecule has 1 aliphatic heterocycles. The van der Waals surface area contributed by atoms with Crippen molar-refractivity contribution in [1.29, 1.82) is 0 Å². The molecule has 0 saturated carbocycles. The Morgan fingerprint density at radius 3 is 2.68 bits per heavy atom. The monoisotopic (exact) mass is 399 g/mol. The van der Waals surface area contributed by atoms with E-state index >= 15 is 0 Å². The molecule has 5 nitrogen and oxygen atoms in total. The number of alkyl halides is 3. The lowest BCUT2D eigenvalue weighted by Gasteiger charge is -2.37. The highest BCUT2D eigenvalue weighted by Gasteiger charge is 2.30. The fourth-order valence-electron chi connectivity index (χ4n) is 3.35. The Hall–Kier alpha value is -1.80. The number of piperazine rings is 1. The molecule has 1 heterocycles. The van der Waals surface area contributed by atoms with Gasteiger partial charge < -0.3 is 15.5 Å². The van der Waals surface area contributed by atoms with Crippen LogP contribution in [0.4, 0.5) is 13.2 Å². The molecule has 158 valence electrons. The van der Waals surface area contributed by atoms with Crippen LogP contribution in [-0.4, -0.2) is 75.7 Å². The number of hydrogen-bond acceptors (Lipinski definition) is 3. The largest absolute Gasteiger partial charge is 0.416 e. The number of halogens is 3. The summed E-state index contributed by atoms with van der Waals surface area (Å²) in [7, 11) is 5.98. The fraction of sp³-hybridized carbons (Fsp3) is 0.650. The molecule has 2 N–H and O–H groups in total. The van der Waals surface area contributed by atoms with Gasteiger partial charge in [-0.3, -0.25) is 9.89 Å². The number of rotatable bonds is 6. The highest BCUT2D eigenvalue weighted by Crippen LogP contribution is 2.31. The van der Waals surface area contributed by atoms with Crippen LogP contribution in [-0.2, 0) is 6.18 Å². The molecule has 0 spiro atoms. The van der Waals surface area contributed by atoms with Gasteiger partial charge in [-0.05, 0) is 38.1 Å². The lowest BCUT2D eigenvalue weighted by molar-refractivity contribution is -0.137. The lowest BCUT2D eigenvalue weighted by Crippen LogP contribution is -2.55. The van der Waals surface area contributed by atoms with Crippen LogP contribution >= 0.6 is 0 Å². The quantitative estimate of drug-likeness (QED) is 0.570. The van der Waals surface area contributed by atoms with E-state index in [0.717, 1.165) is 38.2 Å². The van der Waals surface area contributed by atoms with Gasteiger partial charge in [-0.2, -0.15) is 13.2 Å². The first kappa shape index (κ1) is 22.5. The Balaban J connectivity index is 1.79. The maximum absolute atomic E-state index is 12.9. The molecular weight excluding hydrogens is 367 g/mol. The minimum atomic E-state index is -4.31. The van der Waals surface area contributed by atoms with Gasteiger partial charge in [0, 0.05) is 45.8 Å². The number of nitrogens with one attached hydrogen (secondary N) is 2. The van der Waals surface area contributed by atoms with Crippen molar-refractivity contribution in [2.75, 3.05) is 53.9 Å². The van der Waals surface area contributed by atoms with Crippen LogP contribution in [0.15, 0.2) is 29.3 Å². The fourth-order valence-corrected chi connectivity index (χ4v) is 3.35. The molecule has 28 heavy (non-hydrogen) atoms. The highest BCUT2D eigenvalue weighted by atomic mass is 19.4. The zero-order chi connectivity index (χ0) is 20.7. The van der Waals surface area contributed by atoms with E-state index in [4.69, 9.17) is 0 Å². The smallest absolute Gasteiger partial charge is 0.356 e. The van der Waals surface area contributed by atoms with Crippen LogP contribution in [0.25, 0.3) is 0 Å². The second-order valence-electron chi connectivity index (χ2n) is 7.59. The van der Waals surface area contributed by atoms with Crippen LogP contribution in [0.1, 0.15) is 30.4 Å². The molecule has 1 fully saturated rings. The molecule has 1 aromatic rings. The van der Waals surface area contributed by atoms with Gasteiger partial charge in [-0.25, -0.2) is 0 Å².